The number of anilines is 2. The Morgan fingerprint density at radius 2 is 2.00 bits per heavy atom. The quantitative estimate of drug-likeness (QED) is 0.548. The van der Waals surface area contributed by atoms with E-state index >= 15 is 0 Å². The Balaban J connectivity index is 1.44. The fraction of sp³-hybridized carbons (Fsp3) is 0.273. The summed E-state index contributed by atoms with van der Waals surface area (Å²) in [6, 6.07) is 13.8. The predicted octanol–water partition coefficient (Wildman–Crippen LogP) is 2.73. The van der Waals surface area contributed by atoms with E-state index < -0.39 is 0 Å². The molecule has 3 heterocycles. The summed E-state index contributed by atoms with van der Waals surface area (Å²) in [6.07, 6.45) is 7.44. The lowest BCUT2D eigenvalue weighted by molar-refractivity contribution is 0.0958. The molecule has 0 bridgehead atoms. The van der Waals surface area contributed by atoms with Crippen LogP contribution >= 0.6 is 0 Å². The molecule has 0 atom stereocenters. The first-order chi connectivity index (χ1) is 14.7. The minimum atomic E-state index is -0.295. The number of carbonyl (C=O) groups is 1. The highest BCUT2D eigenvalue weighted by molar-refractivity contribution is 5.94. The Morgan fingerprint density at radius 1 is 1.20 bits per heavy atom. The molecule has 0 spiro atoms. The molecule has 2 aromatic heterocycles. The van der Waals surface area contributed by atoms with Crippen molar-refractivity contribution in [1.82, 2.24) is 25.2 Å². The molecule has 0 radical (unpaired) electrons. The number of rotatable bonds is 6. The van der Waals surface area contributed by atoms with Crippen LogP contribution in [0.4, 0.5) is 11.6 Å². The average molecular weight is 401 g/mol. The third kappa shape index (κ3) is 4.64. The maximum atomic E-state index is 12.0. The molecule has 1 aromatic carbocycles. The highest BCUT2D eigenvalue weighted by atomic mass is 16.1. The Morgan fingerprint density at radius 3 is 2.77 bits per heavy atom. The largest absolute Gasteiger partial charge is 0.339 e. The van der Waals surface area contributed by atoms with E-state index in [0.29, 0.717) is 23.2 Å². The van der Waals surface area contributed by atoms with Crippen LogP contribution in [0, 0.1) is 11.3 Å². The number of nitriles is 1. The van der Waals surface area contributed by atoms with Crippen molar-refractivity contribution in [3.63, 3.8) is 0 Å². The van der Waals surface area contributed by atoms with Gasteiger partial charge in [0.05, 0.1) is 11.6 Å². The third-order valence-electron chi connectivity index (χ3n) is 5.17. The highest BCUT2D eigenvalue weighted by Gasteiger charge is 2.15. The normalized spacial score (nSPS) is 14.1. The lowest BCUT2D eigenvalue weighted by Gasteiger charge is -2.23. The van der Waals surface area contributed by atoms with Crippen LogP contribution in [0.3, 0.4) is 0 Å². The van der Waals surface area contributed by atoms with Crippen molar-refractivity contribution < 1.29 is 4.79 Å². The van der Waals surface area contributed by atoms with Crippen LogP contribution in [0.1, 0.15) is 34.7 Å². The van der Waals surface area contributed by atoms with E-state index in [9.17, 15) is 4.79 Å². The summed E-state index contributed by atoms with van der Waals surface area (Å²) in [5, 5.41) is 17.7. The summed E-state index contributed by atoms with van der Waals surface area (Å²) in [4.78, 5) is 20.8. The molecule has 152 valence electrons. The van der Waals surface area contributed by atoms with E-state index in [0.717, 1.165) is 18.8 Å². The van der Waals surface area contributed by atoms with Gasteiger partial charge in [-0.15, -0.1) is 0 Å². The molecule has 1 aliphatic rings. The van der Waals surface area contributed by atoms with Crippen LogP contribution in [-0.2, 0) is 0 Å². The van der Waals surface area contributed by atoms with Gasteiger partial charge in [0, 0.05) is 24.3 Å². The number of nitrogens with zero attached hydrogens (tertiary/aromatic N) is 4. The molecule has 1 fully saturated rings. The monoisotopic (exact) mass is 401 g/mol. The second-order valence-corrected chi connectivity index (χ2v) is 7.16. The van der Waals surface area contributed by atoms with Gasteiger partial charge < -0.3 is 20.5 Å². The van der Waals surface area contributed by atoms with Gasteiger partial charge in [-0.1, -0.05) is 12.1 Å². The van der Waals surface area contributed by atoms with Gasteiger partial charge in [-0.05, 0) is 61.7 Å². The topological polar surface area (TPSA) is 108 Å². The van der Waals surface area contributed by atoms with E-state index in [1.165, 1.54) is 18.4 Å². The van der Waals surface area contributed by atoms with E-state index in [-0.39, 0.29) is 12.5 Å². The van der Waals surface area contributed by atoms with Crippen molar-refractivity contribution in [2.75, 3.05) is 25.0 Å². The molecule has 1 saturated heterocycles. The van der Waals surface area contributed by atoms with Crippen molar-refractivity contribution in [3.05, 3.63) is 66.1 Å². The number of amides is 1. The minimum absolute atomic E-state index is 0.0258. The van der Waals surface area contributed by atoms with Gasteiger partial charge in [0.15, 0.2) is 0 Å². The van der Waals surface area contributed by atoms with Crippen LogP contribution in [-0.4, -0.2) is 40.1 Å². The smallest absolute Gasteiger partial charge is 0.253 e. The second kappa shape index (κ2) is 9.20. The summed E-state index contributed by atoms with van der Waals surface area (Å²) in [6.45, 7) is 2.13. The molecule has 8 nitrogen and oxygen atoms in total. The maximum absolute atomic E-state index is 12.0. The first kappa shape index (κ1) is 19.6. The van der Waals surface area contributed by atoms with Crippen LogP contribution in [0.5, 0.6) is 0 Å². The molecule has 0 saturated carbocycles. The van der Waals surface area contributed by atoms with E-state index in [4.69, 9.17) is 5.26 Å². The van der Waals surface area contributed by atoms with Crippen LogP contribution < -0.4 is 16.0 Å². The first-order valence-corrected chi connectivity index (χ1v) is 9.97. The number of piperidine rings is 1. The fourth-order valence-electron chi connectivity index (χ4n) is 3.57. The van der Waals surface area contributed by atoms with Crippen molar-refractivity contribution in [3.8, 4) is 11.9 Å². The van der Waals surface area contributed by atoms with E-state index in [1.54, 1.807) is 35.3 Å². The first-order valence-electron chi connectivity index (χ1n) is 9.97. The zero-order valence-corrected chi connectivity index (χ0v) is 16.5. The van der Waals surface area contributed by atoms with Gasteiger partial charge in [-0.25, -0.2) is 4.98 Å². The lowest BCUT2D eigenvalue weighted by Crippen LogP contribution is -2.26. The van der Waals surface area contributed by atoms with Gasteiger partial charge in [0.25, 0.3) is 5.91 Å². The van der Waals surface area contributed by atoms with Gasteiger partial charge in [0.2, 0.25) is 5.95 Å². The number of carbonyl (C=O) groups excluding carboxylic acids is 1. The summed E-state index contributed by atoms with van der Waals surface area (Å²) in [7, 11) is 0. The average Bonchev–Trinajstić information content (AvgIpc) is 3.29. The fourth-order valence-corrected chi connectivity index (χ4v) is 3.57. The number of hydrogen-bond acceptors (Lipinski definition) is 6. The molecule has 0 aliphatic carbocycles. The standard InChI is InChI=1S/C22H23N7O/c23-9-13-25-21(30)18-8-14-29(15-18)20-7-12-26-22(28-20)27-19-3-1-16(2-4-19)17-5-10-24-11-6-17/h1-4,7-8,12,14-15,17,24H,5-6,10-11,13H2,(H,25,30)(H,26,27,28). The van der Waals surface area contributed by atoms with Crippen molar-refractivity contribution >= 4 is 17.5 Å². The Kier molecular flexibility index (Phi) is 6.01. The molecule has 0 unspecified atom stereocenters. The minimum Gasteiger partial charge on any atom is -0.339 e. The van der Waals surface area contributed by atoms with Gasteiger partial charge in [0.1, 0.15) is 12.4 Å². The summed E-state index contributed by atoms with van der Waals surface area (Å²) in [5.41, 5.74) is 2.76. The van der Waals surface area contributed by atoms with Gasteiger partial charge in [-0.2, -0.15) is 10.2 Å². The maximum Gasteiger partial charge on any atom is 0.253 e. The Hall–Kier alpha value is -3.70. The summed E-state index contributed by atoms with van der Waals surface area (Å²) >= 11 is 0. The van der Waals surface area contributed by atoms with Crippen LogP contribution in [0.2, 0.25) is 0 Å². The van der Waals surface area contributed by atoms with Crippen LogP contribution in [0.15, 0.2) is 55.0 Å². The van der Waals surface area contributed by atoms with Crippen molar-refractivity contribution in [1.29, 1.82) is 5.26 Å². The summed E-state index contributed by atoms with van der Waals surface area (Å²) in [5.74, 6) is 1.44. The molecular weight excluding hydrogens is 378 g/mol. The molecular formula is C22H23N7O. The number of benzene rings is 1. The van der Waals surface area contributed by atoms with Crippen molar-refractivity contribution in [2.24, 2.45) is 0 Å². The molecule has 1 amide bonds. The van der Waals surface area contributed by atoms with E-state index in [2.05, 4.69) is 50.2 Å². The molecule has 3 N–H and O–H groups in total. The molecule has 30 heavy (non-hydrogen) atoms. The number of hydrogen-bond donors (Lipinski definition) is 3. The molecule has 4 rings (SSSR count). The molecule has 8 heteroatoms. The number of aromatic nitrogens is 3. The second-order valence-electron chi connectivity index (χ2n) is 7.16. The molecule has 3 aromatic rings. The zero-order valence-electron chi connectivity index (χ0n) is 16.5. The number of nitrogens with one attached hydrogen (secondary N) is 3. The zero-order chi connectivity index (χ0) is 20.8. The predicted molar refractivity (Wildman–Crippen MR) is 114 cm³/mol. The summed E-state index contributed by atoms with van der Waals surface area (Å²) < 4.78 is 1.74. The lowest BCUT2D eigenvalue weighted by atomic mass is 9.90. The third-order valence-corrected chi connectivity index (χ3v) is 5.17. The SMILES string of the molecule is N#CCNC(=O)c1ccn(-c2ccnc(Nc3ccc(C4CCNCC4)cc3)n2)c1. The van der Waals surface area contributed by atoms with Crippen molar-refractivity contribution in [2.45, 2.75) is 18.8 Å². The van der Waals surface area contributed by atoms with Gasteiger partial charge >= 0.3 is 0 Å². The Labute approximate surface area is 175 Å². The van der Waals surface area contributed by atoms with Gasteiger partial charge in [-0.3, -0.25) is 4.79 Å². The van der Waals surface area contributed by atoms with E-state index in [1.807, 2.05) is 6.07 Å². The van der Waals surface area contributed by atoms with Crippen LogP contribution in [0.25, 0.3) is 5.82 Å². The molecule has 1 aliphatic heterocycles. The highest BCUT2D eigenvalue weighted by Crippen LogP contribution is 2.26. The Bertz CT molecular complexity index is 1050.